The lowest BCUT2D eigenvalue weighted by Gasteiger charge is -2.27. The van der Waals surface area contributed by atoms with Gasteiger partial charge in [0.25, 0.3) is 0 Å². The first-order valence-corrected chi connectivity index (χ1v) is 7.70. The van der Waals surface area contributed by atoms with Crippen molar-refractivity contribution in [2.75, 3.05) is 25.1 Å². The Morgan fingerprint density at radius 3 is 2.80 bits per heavy atom. The van der Waals surface area contributed by atoms with Gasteiger partial charge in [-0.15, -0.1) is 5.10 Å². The van der Waals surface area contributed by atoms with E-state index in [4.69, 9.17) is 4.74 Å². The van der Waals surface area contributed by atoms with Crippen molar-refractivity contribution < 1.29 is 4.74 Å². The molecule has 1 saturated heterocycles. The fourth-order valence-corrected chi connectivity index (χ4v) is 2.54. The molecule has 1 N–H and O–H groups in total. The Bertz CT molecular complexity index is 412. The van der Waals surface area contributed by atoms with Crippen LogP contribution in [0.2, 0.25) is 0 Å². The maximum absolute atomic E-state index is 5.77. The second kappa shape index (κ2) is 6.50. The number of nitrogens with zero attached hydrogens (tertiary/aromatic N) is 3. The third-order valence-corrected chi connectivity index (χ3v) is 4.00. The number of anilines is 1. The molecule has 2 fully saturated rings. The Hall–Kier alpha value is -1.20. The second-order valence-corrected chi connectivity index (χ2v) is 5.91. The van der Waals surface area contributed by atoms with E-state index in [0.29, 0.717) is 12.1 Å². The summed E-state index contributed by atoms with van der Waals surface area (Å²) in [5, 5.41) is 12.1. The number of hydrogen-bond acceptors (Lipinski definition) is 5. The topological polar surface area (TPSA) is 50.3 Å². The summed E-state index contributed by atoms with van der Waals surface area (Å²) in [5.74, 6) is 0.925. The van der Waals surface area contributed by atoms with Crippen molar-refractivity contribution in [1.82, 2.24) is 15.5 Å². The number of nitrogens with one attached hydrogen (secondary N) is 1. The highest BCUT2D eigenvalue weighted by Gasteiger charge is 2.20. The van der Waals surface area contributed by atoms with Crippen molar-refractivity contribution in [1.29, 1.82) is 0 Å². The highest BCUT2D eigenvalue weighted by molar-refractivity contribution is 5.36. The highest BCUT2D eigenvalue weighted by atomic mass is 16.5. The zero-order valence-electron chi connectivity index (χ0n) is 12.2. The molecule has 0 spiro atoms. The molecule has 1 aliphatic carbocycles. The molecule has 0 aromatic carbocycles. The minimum absolute atomic E-state index is 0.340. The molecule has 1 aromatic rings. The molecule has 1 atom stereocenters. The van der Waals surface area contributed by atoms with E-state index in [1.54, 1.807) is 0 Å². The van der Waals surface area contributed by atoms with Gasteiger partial charge in [0.1, 0.15) is 0 Å². The van der Waals surface area contributed by atoms with Crippen molar-refractivity contribution in [3.8, 4) is 0 Å². The molecule has 0 bridgehead atoms. The first kappa shape index (κ1) is 13.8. The molecule has 0 radical (unpaired) electrons. The minimum Gasteiger partial charge on any atom is -0.376 e. The van der Waals surface area contributed by atoms with Gasteiger partial charge in [0.15, 0.2) is 5.82 Å². The van der Waals surface area contributed by atoms with E-state index in [-0.39, 0.29) is 0 Å². The average molecular weight is 276 g/mol. The Labute approximate surface area is 120 Å². The Kier molecular flexibility index (Phi) is 4.47. The standard InChI is InChI=1S/C15H24N4O/c1-19(11-14-4-2-3-9-20-14)15-8-7-13(17-18-15)10-16-12-5-6-12/h7-8,12,14,16H,2-6,9-11H2,1H3. The molecular formula is C15H24N4O. The SMILES string of the molecule is CN(CC1CCCCO1)c1ccc(CNC2CC2)nn1. The molecule has 3 rings (SSSR count). The molecule has 5 nitrogen and oxygen atoms in total. The Morgan fingerprint density at radius 1 is 1.25 bits per heavy atom. The maximum Gasteiger partial charge on any atom is 0.151 e. The number of aromatic nitrogens is 2. The lowest BCUT2D eigenvalue weighted by atomic mass is 10.1. The summed E-state index contributed by atoms with van der Waals surface area (Å²) >= 11 is 0. The minimum atomic E-state index is 0.340. The van der Waals surface area contributed by atoms with Gasteiger partial charge in [-0.2, -0.15) is 5.10 Å². The first-order chi connectivity index (χ1) is 9.81. The summed E-state index contributed by atoms with van der Waals surface area (Å²) < 4.78 is 5.77. The number of likely N-dealkylation sites (N-methyl/N-ethyl adjacent to an activating group) is 1. The molecular weight excluding hydrogens is 252 g/mol. The zero-order chi connectivity index (χ0) is 13.8. The lowest BCUT2D eigenvalue weighted by molar-refractivity contribution is 0.0215. The van der Waals surface area contributed by atoms with Crippen LogP contribution in [0, 0.1) is 0 Å². The van der Waals surface area contributed by atoms with Crippen LogP contribution in [0.1, 0.15) is 37.8 Å². The smallest absolute Gasteiger partial charge is 0.151 e. The number of rotatable bonds is 6. The van der Waals surface area contributed by atoms with Crippen molar-refractivity contribution in [3.05, 3.63) is 17.8 Å². The van der Waals surface area contributed by atoms with E-state index in [1.807, 2.05) is 0 Å². The normalized spacial score (nSPS) is 22.8. The third-order valence-electron chi connectivity index (χ3n) is 4.00. The molecule has 1 aromatic heterocycles. The molecule has 20 heavy (non-hydrogen) atoms. The summed E-state index contributed by atoms with van der Waals surface area (Å²) in [7, 11) is 2.06. The third kappa shape index (κ3) is 3.90. The molecule has 5 heteroatoms. The van der Waals surface area contributed by atoms with Gasteiger partial charge >= 0.3 is 0 Å². The van der Waals surface area contributed by atoms with E-state index in [1.165, 1.54) is 25.7 Å². The van der Waals surface area contributed by atoms with Crippen molar-refractivity contribution >= 4 is 5.82 Å². The molecule has 2 heterocycles. The predicted molar refractivity (Wildman–Crippen MR) is 78.8 cm³/mol. The maximum atomic E-state index is 5.77. The van der Waals surface area contributed by atoms with Crippen LogP contribution in [0.25, 0.3) is 0 Å². The van der Waals surface area contributed by atoms with E-state index in [2.05, 4.69) is 39.6 Å². The van der Waals surface area contributed by atoms with Gasteiger partial charge in [0.2, 0.25) is 0 Å². The average Bonchev–Trinajstić information content (AvgIpc) is 3.31. The summed E-state index contributed by atoms with van der Waals surface area (Å²) in [6.45, 7) is 2.62. The van der Waals surface area contributed by atoms with E-state index >= 15 is 0 Å². The number of ether oxygens (including phenoxy) is 1. The number of hydrogen-bond donors (Lipinski definition) is 1. The van der Waals surface area contributed by atoms with Crippen molar-refractivity contribution in [3.63, 3.8) is 0 Å². The molecule has 1 saturated carbocycles. The van der Waals surface area contributed by atoms with Crippen LogP contribution in [-0.4, -0.2) is 42.5 Å². The molecule has 0 amide bonds. The van der Waals surface area contributed by atoms with Gasteiger partial charge in [-0.05, 0) is 44.2 Å². The van der Waals surface area contributed by atoms with Crippen LogP contribution in [0.4, 0.5) is 5.82 Å². The van der Waals surface area contributed by atoms with Crippen LogP contribution in [-0.2, 0) is 11.3 Å². The van der Waals surface area contributed by atoms with Crippen LogP contribution in [0.3, 0.4) is 0 Å². The van der Waals surface area contributed by atoms with Crippen LogP contribution in [0.15, 0.2) is 12.1 Å². The Morgan fingerprint density at radius 2 is 2.15 bits per heavy atom. The fraction of sp³-hybridized carbons (Fsp3) is 0.733. The van der Waals surface area contributed by atoms with Crippen molar-refractivity contribution in [2.24, 2.45) is 0 Å². The van der Waals surface area contributed by atoms with E-state index in [9.17, 15) is 0 Å². The monoisotopic (exact) mass is 276 g/mol. The summed E-state index contributed by atoms with van der Waals surface area (Å²) in [6, 6.07) is 4.83. The predicted octanol–water partition coefficient (Wildman–Crippen LogP) is 1.73. The van der Waals surface area contributed by atoms with Crippen LogP contribution in [0.5, 0.6) is 0 Å². The molecule has 2 aliphatic rings. The fourth-order valence-electron chi connectivity index (χ4n) is 2.54. The van der Waals surface area contributed by atoms with Gasteiger partial charge in [-0.25, -0.2) is 0 Å². The van der Waals surface area contributed by atoms with Crippen molar-refractivity contribution in [2.45, 2.75) is 50.8 Å². The molecule has 1 unspecified atom stereocenters. The second-order valence-electron chi connectivity index (χ2n) is 5.91. The van der Waals surface area contributed by atoms with Gasteiger partial charge in [-0.3, -0.25) is 0 Å². The van der Waals surface area contributed by atoms with Crippen LogP contribution >= 0.6 is 0 Å². The van der Waals surface area contributed by atoms with E-state index < -0.39 is 0 Å². The summed E-state index contributed by atoms with van der Waals surface area (Å²) in [6.07, 6.45) is 6.57. The molecule has 1 aliphatic heterocycles. The Balaban J connectivity index is 1.49. The zero-order valence-corrected chi connectivity index (χ0v) is 12.2. The van der Waals surface area contributed by atoms with Gasteiger partial charge in [-0.1, -0.05) is 0 Å². The van der Waals surface area contributed by atoms with Crippen LogP contribution < -0.4 is 10.2 Å². The summed E-state index contributed by atoms with van der Waals surface area (Å²) in [5.41, 5.74) is 1.02. The first-order valence-electron chi connectivity index (χ1n) is 7.70. The summed E-state index contributed by atoms with van der Waals surface area (Å²) in [4.78, 5) is 2.14. The lowest BCUT2D eigenvalue weighted by Crippen LogP contribution is -2.33. The molecule has 110 valence electrons. The quantitative estimate of drug-likeness (QED) is 0.857. The van der Waals surface area contributed by atoms with Gasteiger partial charge < -0.3 is 15.0 Å². The van der Waals surface area contributed by atoms with Gasteiger partial charge in [0, 0.05) is 32.8 Å². The largest absolute Gasteiger partial charge is 0.376 e. The van der Waals surface area contributed by atoms with E-state index in [0.717, 1.165) is 37.6 Å². The van der Waals surface area contributed by atoms with Gasteiger partial charge in [0.05, 0.1) is 11.8 Å². The highest BCUT2D eigenvalue weighted by Crippen LogP contribution is 2.19.